The maximum Gasteiger partial charge on any atom is 0.255 e. The van der Waals surface area contributed by atoms with Gasteiger partial charge in [-0.3, -0.25) is 4.79 Å². The molecule has 0 aliphatic rings. The minimum Gasteiger partial charge on any atom is -0.493 e. The van der Waals surface area contributed by atoms with Crippen LogP contribution in [0.4, 0.5) is 0 Å². The van der Waals surface area contributed by atoms with Crippen molar-refractivity contribution in [2.24, 2.45) is 5.10 Å². The highest BCUT2D eigenvalue weighted by Gasteiger charge is 2.26. The van der Waals surface area contributed by atoms with E-state index >= 15 is 0 Å². The third kappa shape index (κ3) is 7.64. The van der Waals surface area contributed by atoms with Gasteiger partial charge in [-0.1, -0.05) is 46.3 Å². The zero-order valence-electron chi connectivity index (χ0n) is 20.1. The number of hydrazone groups is 1. The molecule has 0 fully saturated rings. The monoisotopic (exact) mass is 573 g/mol. The molecule has 0 spiro atoms. The molecule has 0 radical (unpaired) electrons. The van der Waals surface area contributed by atoms with Crippen molar-refractivity contribution >= 4 is 38.1 Å². The molecule has 0 unspecified atom stereocenters. The molecule has 10 heteroatoms. The Hall–Kier alpha value is -3.21. The van der Waals surface area contributed by atoms with Crippen LogP contribution in [0, 0.1) is 0 Å². The summed E-state index contributed by atoms with van der Waals surface area (Å²) in [5, 5.41) is 3.98. The summed E-state index contributed by atoms with van der Waals surface area (Å²) in [4.78, 5) is 12.8. The van der Waals surface area contributed by atoms with Gasteiger partial charge in [0.1, 0.15) is 0 Å². The molecule has 0 aromatic heterocycles. The number of amides is 1. The molecule has 3 aromatic carbocycles. The first kappa shape index (κ1) is 27.4. The molecule has 8 nitrogen and oxygen atoms in total. The molecule has 36 heavy (non-hydrogen) atoms. The van der Waals surface area contributed by atoms with Crippen LogP contribution >= 0.6 is 15.9 Å². The van der Waals surface area contributed by atoms with Gasteiger partial charge < -0.3 is 9.47 Å². The van der Waals surface area contributed by atoms with Crippen molar-refractivity contribution in [2.75, 3.05) is 26.8 Å². The molecule has 190 valence electrons. The minimum atomic E-state index is -3.91. The van der Waals surface area contributed by atoms with Gasteiger partial charge in [0.25, 0.3) is 5.91 Å². The van der Waals surface area contributed by atoms with Gasteiger partial charge in [0.05, 0.1) is 31.4 Å². The van der Waals surface area contributed by atoms with E-state index in [0.717, 1.165) is 14.3 Å². The lowest BCUT2D eigenvalue weighted by Crippen LogP contribution is -2.40. The Bertz CT molecular complexity index is 1280. The smallest absolute Gasteiger partial charge is 0.255 e. The molecule has 0 bridgehead atoms. The number of carbonyl (C=O) groups is 1. The number of hydrogen-bond donors (Lipinski definition) is 1. The number of nitrogens with zero attached hydrogens (tertiary/aromatic N) is 2. The SMILES string of the molecule is CCOc1ccc(/C=N\NC(=O)CN(CCc2ccccc2)S(=O)(=O)c2ccc(Br)cc2)cc1OC. The second kappa shape index (κ2) is 13.2. The maximum atomic E-state index is 13.3. The van der Waals surface area contributed by atoms with Gasteiger partial charge in [0, 0.05) is 11.0 Å². The van der Waals surface area contributed by atoms with E-state index in [4.69, 9.17) is 9.47 Å². The highest BCUT2D eigenvalue weighted by Crippen LogP contribution is 2.27. The largest absolute Gasteiger partial charge is 0.493 e. The van der Waals surface area contributed by atoms with E-state index in [-0.39, 0.29) is 18.0 Å². The van der Waals surface area contributed by atoms with Gasteiger partial charge in [0.2, 0.25) is 10.0 Å². The van der Waals surface area contributed by atoms with E-state index in [0.29, 0.717) is 30.1 Å². The van der Waals surface area contributed by atoms with Crippen molar-refractivity contribution in [3.63, 3.8) is 0 Å². The molecule has 3 rings (SSSR count). The van der Waals surface area contributed by atoms with E-state index in [1.165, 1.54) is 25.5 Å². The van der Waals surface area contributed by atoms with Crippen LogP contribution in [0.5, 0.6) is 11.5 Å². The topological polar surface area (TPSA) is 97.3 Å². The Morgan fingerprint density at radius 2 is 1.78 bits per heavy atom. The zero-order chi connectivity index (χ0) is 26.0. The molecule has 0 aliphatic carbocycles. The number of sulfonamides is 1. The summed E-state index contributed by atoms with van der Waals surface area (Å²) in [5.41, 5.74) is 4.06. The van der Waals surface area contributed by atoms with Gasteiger partial charge in [-0.25, -0.2) is 13.8 Å². The van der Waals surface area contributed by atoms with Gasteiger partial charge in [-0.2, -0.15) is 9.41 Å². The van der Waals surface area contributed by atoms with Crippen molar-refractivity contribution in [2.45, 2.75) is 18.2 Å². The van der Waals surface area contributed by atoms with Gasteiger partial charge in [-0.15, -0.1) is 0 Å². The van der Waals surface area contributed by atoms with Crippen LogP contribution in [0.3, 0.4) is 0 Å². The van der Waals surface area contributed by atoms with E-state index in [2.05, 4.69) is 26.5 Å². The number of benzene rings is 3. The molecule has 1 N–H and O–H groups in total. The summed E-state index contributed by atoms with van der Waals surface area (Å²) in [6, 6.07) is 21.1. The van der Waals surface area contributed by atoms with E-state index in [1.54, 1.807) is 30.3 Å². The lowest BCUT2D eigenvalue weighted by Gasteiger charge is -2.21. The zero-order valence-corrected chi connectivity index (χ0v) is 22.5. The van der Waals surface area contributed by atoms with Crippen molar-refractivity contribution in [3.05, 3.63) is 88.4 Å². The van der Waals surface area contributed by atoms with Crippen LogP contribution in [0.1, 0.15) is 18.1 Å². The quantitative estimate of drug-likeness (QED) is 0.258. The van der Waals surface area contributed by atoms with Crippen LogP contribution < -0.4 is 14.9 Å². The number of halogens is 1. The summed E-state index contributed by atoms with van der Waals surface area (Å²) in [6.07, 6.45) is 1.91. The first-order valence-corrected chi connectivity index (χ1v) is 13.5. The fourth-order valence-corrected chi connectivity index (χ4v) is 5.01. The van der Waals surface area contributed by atoms with Crippen LogP contribution in [0.2, 0.25) is 0 Å². The molecule has 0 saturated heterocycles. The van der Waals surface area contributed by atoms with Crippen molar-refractivity contribution < 1.29 is 22.7 Å². The second-order valence-electron chi connectivity index (χ2n) is 7.66. The summed E-state index contributed by atoms with van der Waals surface area (Å²) in [5.74, 6) is 0.589. The first-order chi connectivity index (χ1) is 17.3. The maximum absolute atomic E-state index is 13.3. The summed E-state index contributed by atoms with van der Waals surface area (Å²) in [7, 11) is -2.37. The number of methoxy groups -OCH3 is 1. The Kier molecular flexibility index (Phi) is 10.0. The van der Waals surface area contributed by atoms with Crippen LogP contribution in [-0.2, 0) is 21.2 Å². The van der Waals surface area contributed by atoms with Gasteiger partial charge in [-0.05, 0) is 66.9 Å². The summed E-state index contributed by atoms with van der Waals surface area (Å²) >= 11 is 3.32. The number of hydrogen-bond acceptors (Lipinski definition) is 6. The van der Waals surface area contributed by atoms with Crippen LogP contribution in [0.15, 0.2) is 87.3 Å². The Balaban J connectivity index is 1.72. The van der Waals surface area contributed by atoms with Gasteiger partial charge >= 0.3 is 0 Å². The molecular formula is C26H28BrN3O5S. The van der Waals surface area contributed by atoms with E-state index in [9.17, 15) is 13.2 Å². The number of nitrogens with one attached hydrogen (secondary N) is 1. The average Bonchev–Trinajstić information content (AvgIpc) is 2.88. The Morgan fingerprint density at radius 1 is 1.06 bits per heavy atom. The molecular weight excluding hydrogens is 546 g/mol. The lowest BCUT2D eigenvalue weighted by atomic mass is 10.1. The minimum absolute atomic E-state index is 0.108. The Labute approximate surface area is 220 Å². The van der Waals surface area contributed by atoms with Gasteiger partial charge in [0.15, 0.2) is 11.5 Å². The number of ether oxygens (including phenoxy) is 2. The molecule has 0 heterocycles. The summed E-state index contributed by atoms with van der Waals surface area (Å²) < 4.78 is 39.4. The molecule has 0 saturated carbocycles. The third-order valence-electron chi connectivity index (χ3n) is 5.15. The van der Waals surface area contributed by atoms with E-state index in [1.807, 2.05) is 37.3 Å². The predicted octanol–water partition coefficient (Wildman–Crippen LogP) is 4.24. The molecule has 1 amide bonds. The third-order valence-corrected chi connectivity index (χ3v) is 7.54. The normalized spacial score (nSPS) is 11.6. The standard InChI is InChI=1S/C26H28BrN3O5S/c1-3-35-24-14-9-21(17-25(24)34-2)18-28-29-26(31)19-30(16-15-20-7-5-4-6-8-20)36(32,33)23-12-10-22(27)11-13-23/h4-14,17-18H,3,15-16,19H2,1-2H3,(H,29,31)/b28-18-. The van der Waals surface area contributed by atoms with Crippen LogP contribution in [-0.4, -0.2) is 51.7 Å². The number of carbonyl (C=O) groups excluding carboxylic acids is 1. The second-order valence-corrected chi connectivity index (χ2v) is 10.5. The molecule has 0 atom stereocenters. The fraction of sp³-hybridized carbons (Fsp3) is 0.231. The number of rotatable bonds is 12. The predicted molar refractivity (Wildman–Crippen MR) is 143 cm³/mol. The average molecular weight is 574 g/mol. The molecule has 3 aromatic rings. The van der Waals surface area contributed by atoms with Crippen molar-refractivity contribution in [3.8, 4) is 11.5 Å². The summed E-state index contributed by atoms with van der Waals surface area (Å²) in [6.45, 7) is 2.14. The van der Waals surface area contributed by atoms with Crippen LogP contribution in [0.25, 0.3) is 0 Å². The molecule has 0 aliphatic heterocycles. The fourth-order valence-electron chi connectivity index (χ4n) is 3.35. The first-order valence-electron chi connectivity index (χ1n) is 11.3. The van der Waals surface area contributed by atoms with Crippen molar-refractivity contribution in [1.82, 2.24) is 9.73 Å². The highest BCUT2D eigenvalue weighted by molar-refractivity contribution is 9.10. The van der Waals surface area contributed by atoms with Crippen molar-refractivity contribution in [1.29, 1.82) is 0 Å². The Morgan fingerprint density at radius 3 is 2.44 bits per heavy atom. The van der Waals surface area contributed by atoms with E-state index < -0.39 is 15.9 Å². The lowest BCUT2D eigenvalue weighted by molar-refractivity contribution is -0.121. The highest BCUT2D eigenvalue weighted by atomic mass is 79.9.